The Balaban J connectivity index is 0.000000185. The number of carbonyl (C=O) groups is 3. The number of hydrogen-bond acceptors (Lipinski definition) is 5. The molecule has 0 unspecified atom stereocenters. The minimum atomic E-state index is -0.462. The third kappa shape index (κ3) is 8.61. The maximum atomic E-state index is 12.5. The van der Waals surface area contributed by atoms with Gasteiger partial charge in [-0.25, -0.2) is 9.59 Å². The van der Waals surface area contributed by atoms with Crippen LogP contribution in [0.4, 0.5) is 0 Å². The topological polar surface area (TPSA) is 101 Å². The Morgan fingerprint density at radius 3 is 1.51 bits per heavy atom. The number of aromatic nitrogens is 2. The van der Waals surface area contributed by atoms with Crippen LogP contribution in [0.2, 0.25) is 0 Å². The number of nitrogens with one attached hydrogen (secondary N) is 2. The quantitative estimate of drug-likeness (QED) is 0.118. The lowest BCUT2D eigenvalue weighted by Crippen LogP contribution is -2.04. The Bertz CT molecular complexity index is 1910. The molecule has 2 aromatic heterocycles. The number of aromatic amines is 2. The zero-order chi connectivity index (χ0) is 33.0. The minimum absolute atomic E-state index is 0.138. The van der Waals surface area contributed by atoms with E-state index in [1.54, 1.807) is 26.0 Å². The van der Waals surface area contributed by atoms with E-state index < -0.39 is 5.97 Å². The number of esters is 2. The number of hydrogen-bond donors (Lipinski definition) is 2. The molecule has 7 heteroatoms. The molecule has 4 aromatic carbocycles. The molecule has 236 valence electrons. The molecule has 0 saturated heterocycles. The van der Waals surface area contributed by atoms with Crippen LogP contribution in [0.5, 0.6) is 0 Å². The Kier molecular flexibility index (Phi) is 10.9. The number of rotatable bonds is 10. The van der Waals surface area contributed by atoms with Gasteiger partial charge in [0.2, 0.25) is 0 Å². The zero-order valence-corrected chi connectivity index (χ0v) is 26.4. The normalized spacial score (nSPS) is 10.4. The van der Waals surface area contributed by atoms with Crippen LogP contribution >= 0.6 is 0 Å². The first-order valence-electron chi connectivity index (χ1n) is 15.5. The van der Waals surface area contributed by atoms with Crippen LogP contribution in [0, 0.1) is 0 Å². The molecule has 0 radical (unpaired) electrons. The zero-order valence-electron chi connectivity index (χ0n) is 26.4. The Labute approximate surface area is 274 Å². The number of carbonyl (C=O) groups excluding carboxylic acids is 3. The molecule has 0 bridgehead atoms. The molecule has 7 nitrogen and oxygen atoms in total. The molecule has 0 atom stereocenters. The van der Waals surface area contributed by atoms with Gasteiger partial charge in [-0.3, -0.25) is 4.79 Å². The van der Waals surface area contributed by atoms with E-state index in [1.165, 1.54) is 29.0 Å². The van der Waals surface area contributed by atoms with Gasteiger partial charge < -0.3 is 19.4 Å². The third-order valence-electron chi connectivity index (χ3n) is 7.40. The average Bonchev–Trinajstić information content (AvgIpc) is 3.81. The smallest absolute Gasteiger partial charge is 0.354 e. The maximum absolute atomic E-state index is 12.5. The van der Waals surface area contributed by atoms with Crippen molar-refractivity contribution in [3.8, 4) is 22.3 Å². The van der Waals surface area contributed by atoms with Gasteiger partial charge in [-0.05, 0) is 65.8 Å². The lowest BCUT2D eigenvalue weighted by atomic mass is 10.0. The summed E-state index contributed by atoms with van der Waals surface area (Å²) in [6, 6.07) is 39.6. The Morgan fingerprint density at radius 2 is 0.979 bits per heavy atom. The second-order valence-corrected chi connectivity index (χ2v) is 10.7. The van der Waals surface area contributed by atoms with E-state index in [-0.39, 0.29) is 17.4 Å². The summed E-state index contributed by atoms with van der Waals surface area (Å²) >= 11 is 0. The van der Waals surface area contributed by atoms with Crippen molar-refractivity contribution in [2.75, 3.05) is 13.2 Å². The van der Waals surface area contributed by atoms with Crippen LogP contribution in [-0.2, 0) is 15.9 Å². The van der Waals surface area contributed by atoms with Crippen LogP contribution in [0.15, 0.2) is 134 Å². The van der Waals surface area contributed by atoms with Gasteiger partial charge in [-0.15, -0.1) is 0 Å². The highest BCUT2D eigenvalue weighted by Gasteiger charge is 2.15. The van der Waals surface area contributed by atoms with Gasteiger partial charge in [-0.2, -0.15) is 0 Å². The van der Waals surface area contributed by atoms with Gasteiger partial charge in [0.25, 0.3) is 0 Å². The second kappa shape index (κ2) is 15.9. The lowest BCUT2D eigenvalue weighted by molar-refractivity contribution is 0.0511. The average molecular weight is 625 g/mol. The first kappa shape index (κ1) is 32.4. The summed E-state index contributed by atoms with van der Waals surface area (Å²) in [5.41, 5.74) is 8.63. The highest BCUT2D eigenvalue weighted by Crippen LogP contribution is 2.22. The summed E-state index contributed by atoms with van der Waals surface area (Å²) in [5, 5.41) is 0. The van der Waals surface area contributed by atoms with Crippen LogP contribution in [0.1, 0.15) is 61.9 Å². The summed E-state index contributed by atoms with van der Waals surface area (Å²) in [6.07, 6.45) is 4.17. The summed E-state index contributed by atoms with van der Waals surface area (Å²) in [7, 11) is 0. The van der Waals surface area contributed by atoms with Crippen molar-refractivity contribution >= 4 is 17.7 Å². The summed E-state index contributed by atoms with van der Waals surface area (Å²) in [4.78, 5) is 41.6. The van der Waals surface area contributed by atoms with Crippen LogP contribution in [0.3, 0.4) is 0 Å². The van der Waals surface area contributed by atoms with Gasteiger partial charge >= 0.3 is 11.9 Å². The number of H-pyrrole nitrogens is 2. The van der Waals surface area contributed by atoms with E-state index in [0.29, 0.717) is 30.0 Å². The van der Waals surface area contributed by atoms with E-state index in [2.05, 4.69) is 46.4 Å². The van der Waals surface area contributed by atoms with Crippen molar-refractivity contribution < 1.29 is 23.9 Å². The first-order valence-corrected chi connectivity index (χ1v) is 15.5. The maximum Gasteiger partial charge on any atom is 0.354 e. The molecule has 47 heavy (non-hydrogen) atoms. The number of ether oxygens (including phenoxy) is 2. The lowest BCUT2D eigenvalue weighted by Gasteiger charge is -2.04. The van der Waals surface area contributed by atoms with E-state index in [4.69, 9.17) is 9.47 Å². The van der Waals surface area contributed by atoms with Gasteiger partial charge in [0.15, 0.2) is 5.78 Å². The molecule has 0 aliphatic carbocycles. The molecular formula is C40H36N2O5. The van der Waals surface area contributed by atoms with Crippen LogP contribution < -0.4 is 0 Å². The minimum Gasteiger partial charge on any atom is -0.461 e. The van der Waals surface area contributed by atoms with Crippen molar-refractivity contribution in [3.63, 3.8) is 0 Å². The number of benzene rings is 4. The molecular weight excluding hydrogens is 588 g/mol. The van der Waals surface area contributed by atoms with Crippen molar-refractivity contribution in [1.29, 1.82) is 0 Å². The van der Waals surface area contributed by atoms with Crippen molar-refractivity contribution in [2.45, 2.75) is 20.3 Å². The van der Waals surface area contributed by atoms with Crippen molar-refractivity contribution in [2.24, 2.45) is 0 Å². The van der Waals surface area contributed by atoms with Crippen molar-refractivity contribution in [3.05, 3.63) is 167 Å². The first-order chi connectivity index (χ1) is 22.9. The third-order valence-corrected chi connectivity index (χ3v) is 7.40. The molecule has 6 rings (SSSR count). The molecule has 0 spiro atoms. The molecule has 0 amide bonds. The van der Waals surface area contributed by atoms with Gasteiger partial charge in [0.1, 0.15) is 11.4 Å². The molecule has 2 heterocycles. The van der Waals surface area contributed by atoms with Crippen LogP contribution in [0.25, 0.3) is 22.3 Å². The van der Waals surface area contributed by atoms with Gasteiger partial charge in [0, 0.05) is 23.5 Å². The monoisotopic (exact) mass is 624 g/mol. The fraction of sp³-hybridized carbons (Fsp3) is 0.125. The summed E-state index contributed by atoms with van der Waals surface area (Å²) in [6.45, 7) is 4.22. The molecule has 0 aliphatic rings. The number of ketones is 1. The SMILES string of the molecule is CCOC(=O)c1cc(C(=O)c2ccc(-c3ccccc3)cc2)c[nH]1.CCOC(=O)c1cc(Cc2ccc(-c3ccccc3)cc2)c[nH]1. The summed E-state index contributed by atoms with van der Waals surface area (Å²) < 4.78 is 9.90. The summed E-state index contributed by atoms with van der Waals surface area (Å²) in [5.74, 6) is -0.907. The van der Waals surface area contributed by atoms with Crippen molar-refractivity contribution in [1.82, 2.24) is 9.97 Å². The highest BCUT2D eigenvalue weighted by molar-refractivity contribution is 6.10. The van der Waals surface area contributed by atoms with E-state index in [1.807, 2.05) is 72.9 Å². The largest absolute Gasteiger partial charge is 0.461 e. The predicted molar refractivity (Wildman–Crippen MR) is 183 cm³/mol. The highest BCUT2D eigenvalue weighted by atomic mass is 16.5. The van der Waals surface area contributed by atoms with E-state index in [9.17, 15) is 14.4 Å². The fourth-order valence-corrected chi connectivity index (χ4v) is 5.01. The molecule has 0 fully saturated rings. The van der Waals surface area contributed by atoms with Crippen LogP contribution in [-0.4, -0.2) is 40.9 Å². The molecule has 6 aromatic rings. The molecule has 0 saturated carbocycles. The van der Waals surface area contributed by atoms with Gasteiger partial charge in [-0.1, -0.05) is 109 Å². The van der Waals surface area contributed by atoms with E-state index >= 15 is 0 Å². The Hall–Kier alpha value is -5.95. The second-order valence-electron chi connectivity index (χ2n) is 10.7. The molecule has 2 N–H and O–H groups in total. The molecule has 0 aliphatic heterocycles. The predicted octanol–water partition coefficient (Wildman–Crippen LogP) is 8.54. The Morgan fingerprint density at radius 1 is 0.511 bits per heavy atom. The fourth-order valence-electron chi connectivity index (χ4n) is 5.01. The standard InChI is InChI=1S/C20H17NO3.C20H19NO2/c1-2-24-20(23)18-12-17(13-21-18)19(22)16-10-8-15(9-11-16)14-6-4-3-5-7-14;1-2-23-20(22)19-13-16(14-21-19)12-15-8-10-18(11-9-15)17-6-4-3-5-7-17/h3-13,21H,2H2,1H3;3-11,13-14,21H,2,12H2,1H3. The van der Waals surface area contributed by atoms with Gasteiger partial charge in [0.05, 0.1) is 13.2 Å². The van der Waals surface area contributed by atoms with E-state index in [0.717, 1.165) is 23.1 Å².